The fourth-order valence-electron chi connectivity index (χ4n) is 4.67. The molecule has 0 bridgehead atoms. The Kier molecular flexibility index (Phi) is 7.06. The SMILES string of the molecule is COc1ccc(C2(CNC(=O)Nc3c(C(C)C)cccc3C(C)C)CCCC2)cc1. The number of para-hydroxylation sites is 1. The van der Waals surface area contributed by atoms with Gasteiger partial charge in [0.05, 0.1) is 7.11 Å². The zero-order chi connectivity index (χ0) is 21.7. The lowest BCUT2D eigenvalue weighted by Crippen LogP contribution is -2.41. The van der Waals surface area contributed by atoms with Crippen molar-refractivity contribution in [3.63, 3.8) is 0 Å². The molecule has 0 aliphatic heterocycles. The van der Waals surface area contributed by atoms with E-state index in [9.17, 15) is 4.79 Å². The molecular formula is C26H36N2O2. The van der Waals surface area contributed by atoms with Crippen LogP contribution in [0, 0.1) is 0 Å². The summed E-state index contributed by atoms with van der Waals surface area (Å²) in [5.74, 6) is 1.56. The molecule has 1 saturated carbocycles. The maximum atomic E-state index is 13.0. The van der Waals surface area contributed by atoms with Crippen molar-refractivity contribution in [3.8, 4) is 5.75 Å². The summed E-state index contributed by atoms with van der Waals surface area (Å²) in [7, 11) is 1.69. The van der Waals surface area contributed by atoms with E-state index < -0.39 is 0 Å². The molecule has 30 heavy (non-hydrogen) atoms. The van der Waals surface area contributed by atoms with E-state index >= 15 is 0 Å². The lowest BCUT2D eigenvalue weighted by atomic mass is 9.79. The number of nitrogens with one attached hydrogen (secondary N) is 2. The van der Waals surface area contributed by atoms with Crippen LogP contribution in [0.1, 0.15) is 81.9 Å². The van der Waals surface area contributed by atoms with Crippen LogP contribution in [0.2, 0.25) is 0 Å². The molecule has 0 aromatic heterocycles. The molecule has 4 nitrogen and oxygen atoms in total. The Hall–Kier alpha value is -2.49. The van der Waals surface area contributed by atoms with Gasteiger partial charge in [0, 0.05) is 17.6 Å². The second-order valence-corrected chi connectivity index (χ2v) is 9.14. The Balaban J connectivity index is 1.76. The largest absolute Gasteiger partial charge is 0.497 e. The van der Waals surface area contributed by atoms with Crippen molar-refractivity contribution in [2.45, 2.75) is 70.6 Å². The highest BCUT2D eigenvalue weighted by molar-refractivity contribution is 5.91. The fourth-order valence-corrected chi connectivity index (χ4v) is 4.67. The third kappa shape index (κ3) is 4.80. The molecule has 1 fully saturated rings. The van der Waals surface area contributed by atoms with E-state index in [1.54, 1.807) is 7.11 Å². The molecule has 2 aromatic rings. The number of carbonyl (C=O) groups excluding carboxylic acids is 1. The second-order valence-electron chi connectivity index (χ2n) is 9.14. The molecule has 162 valence electrons. The number of anilines is 1. The molecule has 0 spiro atoms. The van der Waals surface area contributed by atoms with Crippen molar-refractivity contribution in [1.82, 2.24) is 5.32 Å². The highest BCUT2D eigenvalue weighted by Crippen LogP contribution is 2.41. The molecule has 1 aliphatic carbocycles. The van der Waals surface area contributed by atoms with Crippen molar-refractivity contribution in [2.24, 2.45) is 0 Å². The Morgan fingerprint density at radius 2 is 1.53 bits per heavy atom. The molecule has 4 heteroatoms. The second kappa shape index (κ2) is 9.55. The molecule has 2 aromatic carbocycles. The summed E-state index contributed by atoms with van der Waals surface area (Å²) in [6.07, 6.45) is 4.59. The van der Waals surface area contributed by atoms with Crippen molar-refractivity contribution >= 4 is 11.7 Å². The maximum Gasteiger partial charge on any atom is 0.319 e. The van der Waals surface area contributed by atoms with Gasteiger partial charge in [-0.2, -0.15) is 0 Å². The predicted molar refractivity (Wildman–Crippen MR) is 125 cm³/mol. The van der Waals surface area contributed by atoms with Crippen LogP contribution in [0.25, 0.3) is 0 Å². The van der Waals surface area contributed by atoms with Gasteiger partial charge in [-0.1, -0.05) is 70.9 Å². The normalized spacial score (nSPS) is 15.4. The lowest BCUT2D eigenvalue weighted by Gasteiger charge is -2.30. The van der Waals surface area contributed by atoms with Crippen LogP contribution in [0.3, 0.4) is 0 Å². The quantitative estimate of drug-likeness (QED) is 0.544. The number of hydrogen-bond acceptors (Lipinski definition) is 2. The number of rotatable bonds is 7. The Morgan fingerprint density at radius 3 is 2.03 bits per heavy atom. The third-order valence-electron chi connectivity index (χ3n) is 6.46. The van der Waals surface area contributed by atoms with Crippen LogP contribution in [0.5, 0.6) is 5.75 Å². The number of benzene rings is 2. The van der Waals surface area contributed by atoms with E-state index in [4.69, 9.17) is 4.74 Å². The number of methoxy groups -OCH3 is 1. The minimum atomic E-state index is -0.121. The maximum absolute atomic E-state index is 13.0. The van der Waals surface area contributed by atoms with E-state index in [-0.39, 0.29) is 11.4 Å². The lowest BCUT2D eigenvalue weighted by molar-refractivity contribution is 0.248. The summed E-state index contributed by atoms with van der Waals surface area (Å²) >= 11 is 0. The highest BCUT2D eigenvalue weighted by atomic mass is 16.5. The first kappa shape index (κ1) is 22.2. The van der Waals surface area contributed by atoms with Crippen LogP contribution in [0.4, 0.5) is 10.5 Å². The van der Waals surface area contributed by atoms with Gasteiger partial charge in [0.15, 0.2) is 0 Å². The first-order chi connectivity index (χ1) is 14.4. The van der Waals surface area contributed by atoms with Gasteiger partial charge in [-0.25, -0.2) is 4.79 Å². The van der Waals surface area contributed by atoms with Gasteiger partial charge in [-0.05, 0) is 53.5 Å². The molecule has 3 rings (SSSR count). The summed E-state index contributed by atoms with van der Waals surface area (Å²) in [6.45, 7) is 9.31. The van der Waals surface area contributed by atoms with Gasteiger partial charge in [0.25, 0.3) is 0 Å². The Labute approximate surface area is 181 Å². The summed E-state index contributed by atoms with van der Waals surface area (Å²) in [6, 6.07) is 14.5. The van der Waals surface area contributed by atoms with E-state index in [0.29, 0.717) is 18.4 Å². The first-order valence-corrected chi connectivity index (χ1v) is 11.2. The minimum Gasteiger partial charge on any atom is -0.497 e. The van der Waals surface area contributed by atoms with Crippen LogP contribution in [-0.4, -0.2) is 19.7 Å². The third-order valence-corrected chi connectivity index (χ3v) is 6.46. The molecule has 2 amide bonds. The average Bonchev–Trinajstić information content (AvgIpc) is 3.22. The van der Waals surface area contributed by atoms with Gasteiger partial charge in [0.1, 0.15) is 5.75 Å². The van der Waals surface area contributed by atoms with E-state index in [0.717, 1.165) is 24.3 Å². The van der Waals surface area contributed by atoms with Crippen molar-refractivity contribution < 1.29 is 9.53 Å². The number of amides is 2. The molecule has 0 radical (unpaired) electrons. The van der Waals surface area contributed by atoms with Gasteiger partial charge < -0.3 is 15.4 Å². The van der Waals surface area contributed by atoms with Gasteiger partial charge >= 0.3 is 6.03 Å². The van der Waals surface area contributed by atoms with Crippen LogP contribution in [0.15, 0.2) is 42.5 Å². The van der Waals surface area contributed by atoms with Crippen molar-refractivity contribution in [3.05, 3.63) is 59.2 Å². The number of urea groups is 1. The number of carbonyl (C=O) groups is 1. The molecular weight excluding hydrogens is 372 g/mol. The van der Waals surface area contributed by atoms with E-state index in [2.05, 4.69) is 68.7 Å². The zero-order valence-corrected chi connectivity index (χ0v) is 19.0. The minimum absolute atomic E-state index is 0.00204. The summed E-state index contributed by atoms with van der Waals surface area (Å²) in [5, 5.41) is 6.37. The monoisotopic (exact) mass is 408 g/mol. The summed E-state index contributed by atoms with van der Waals surface area (Å²) in [5.41, 5.74) is 4.61. The van der Waals surface area contributed by atoms with Gasteiger partial charge in [0.2, 0.25) is 0 Å². The molecule has 1 aliphatic rings. The average molecular weight is 409 g/mol. The van der Waals surface area contributed by atoms with E-state index in [1.165, 1.54) is 29.5 Å². The standard InChI is InChI=1S/C26H36N2O2/c1-18(2)22-9-8-10-23(19(3)4)24(22)28-25(29)27-17-26(15-6-7-16-26)20-11-13-21(30-5)14-12-20/h8-14,18-19H,6-7,15-17H2,1-5H3,(H2,27,28,29). The fraction of sp³-hybridized carbons (Fsp3) is 0.500. The Morgan fingerprint density at radius 1 is 0.967 bits per heavy atom. The van der Waals surface area contributed by atoms with Gasteiger partial charge in [-0.3, -0.25) is 0 Å². The van der Waals surface area contributed by atoms with Crippen LogP contribution >= 0.6 is 0 Å². The summed E-state index contributed by atoms with van der Waals surface area (Å²) in [4.78, 5) is 13.0. The molecule has 0 saturated heterocycles. The summed E-state index contributed by atoms with van der Waals surface area (Å²) < 4.78 is 5.31. The molecule has 2 N–H and O–H groups in total. The predicted octanol–water partition coefficient (Wildman–Crippen LogP) is 6.58. The molecule has 0 heterocycles. The molecule has 0 unspecified atom stereocenters. The number of hydrogen-bond donors (Lipinski definition) is 2. The van der Waals surface area contributed by atoms with Crippen molar-refractivity contribution in [2.75, 3.05) is 19.0 Å². The zero-order valence-electron chi connectivity index (χ0n) is 19.0. The molecule has 0 atom stereocenters. The topological polar surface area (TPSA) is 50.4 Å². The smallest absolute Gasteiger partial charge is 0.319 e. The number of ether oxygens (including phenoxy) is 1. The first-order valence-electron chi connectivity index (χ1n) is 11.2. The highest BCUT2D eigenvalue weighted by Gasteiger charge is 2.36. The Bertz CT molecular complexity index is 824. The van der Waals surface area contributed by atoms with E-state index in [1.807, 2.05) is 12.1 Å². The van der Waals surface area contributed by atoms with Crippen LogP contribution < -0.4 is 15.4 Å². The van der Waals surface area contributed by atoms with Crippen LogP contribution in [-0.2, 0) is 5.41 Å². The van der Waals surface area contributed by atoms with Gasteiger partial charge in [-0.15, -0.1) is 0 Å². The van der Waals surface area contributed by atoms with Crippen molar-refractivity contribution in [1.29, 1.82) is 0 Å².